The molecule has 8 nitrogen and oxygen atoms in total. The molecule has 4 heterocycles. The fourth-order valence-electron chi connectivity index (χ4n) is 4.87. The summed E-state index contributed by atoms with van der Waals surface area (Å²) in [6.45, 7) is 12.4. The van der Waals surface area contributed by atoms with Gasteiger partial charge in [0.1, 0.15) is 22.2 Å². The van der Waals surface area contributed by atoms with Crippen molar-refractivity contribution in [1.29, 1.82) is 0 Å². The first-order chi connectivity index (χ1) is 17.0. The number of nitrogens with one attached hydrogen (secondary N) is 1. The quantitative estimate of drug-likeness (QED) is 0.561. The number of piperazine rings is 1. The zero-order valence-corrected chi connectivity index (χ0v) is 21.8. The standard InChI is InChI=1S/C26H34N6O2S/c1-5-30-11-10-18-21(16-30)35-25-22(18)24(28-23(29-25)17(2)3)31-12-14-32(15-13-31)26(33)27-19-8-6-7-9-20(19)34-4/h6-9,17H,5,10-16H2,1-4H3,(H,27,33). The highest BCUT2D eigenvalue weighted by Crippen LogP contribution is 2.39. The third-order valence-corrected chi connectivity index (χ3v) is 8.07. The number of carbonyl (C=O) groups is 1. The maximum atomic E-state index is 13.0. The molecule has 0 unspecified atom stereocenters. The number of fused-ring (bicyclic) bond motifs is 3. The van der Waals surface area contributed by atoms with Gasteiger partial charge in [0.2, 0.25) is 0 Å². The van der Waals surface area contributed by atoms with Crippen LogP contribution in [0.2, 0.25) is 0 Å². The van der Waals surface area contributed by atoms with E-state index in [1.807, 2.05) is 40.5 Å². The first kappa shape index (κ1) is 23.8. The van der Waals surface area contributed by atoms with Crippen LogP contribution in [-0.4, -0.2) is 72.2 Å². The summed E-state index contributed by atoms with van der Waals surface area (Å²) >= 11 is 1.83. The first-order valence-corrected chi connectivity index (χ1v) is 13.3. The van der Waals surface area contributed by atoms with Crippen molar-refractivity contribution in [2.75, 3.05) is 56.6 Å². The lowest BCUT2D eigenvalue weighted by Gasteiger charge is -2.36. The monoisotopic (exact) mass is 494 g/mol. The van der Waals surface area contributed by atoms with Gasteiger partial charge in [0, 0.05) is 50.1 Å². The lowest BCUT2D eigenvalue weighted by atomic mass is 10.0. The number of ether oxygens (including phenoxy) is 1. The van der Waals surface area contributed by atoms with Crippen LogP contribution in [0.5, 0.6) is 5.75 Å². The van der Waals surface area contributed by atoms with Crippen LogP contribution in [0.15, 0.2) is 24.3 Å². The van der Waals surface area contributed by atoms with Crippen LogP contribution in [0.3, 0.4) is 0 Å². The zero-order chi connectivity index (χ0) is 24.5. The Hall–Kier alpha value is -2.91. The second-order valence-electron chi connectivity index (χ2n) is 9.47. The Morgan fingerprint density at radius 3 is 2.63 bits per heavy atom. The van der Waals surface area contributed by atoms with Gasteiger partial charge in [0.25, 0.3) is 0 Å². The maximum Gasteiger partial charge on any atom is 0.322 e. The molecule has 2 aliphatic rings. The van der Waals surface area contributed by atoms with Crippen molar-refractivity contribution in [3.05, 3.63) is 40.5 Å². The Kier molecular flexibility index (Phi) is 6.80. The Morgan fingerprint density at radius 2 is 1.91 bits per heavy atom. The van der Waals surface area contributed by atoms with Crippen molar-refractivity contribution in [3.8, 4) is 5.75 Å². The molecule has 1 fully saturated rings. The smallest absolute Gasteiger partial charge is 0.322 e. The summed E-state index contributed by atoms with van der Waals surface area (Å²) in [5, 5.41) is 4.23. The number of nitrogens with zero attached hydrogens (tertiary/aromatic N) is 5. The van der Waals surface area contributed by atoms with Crippen LogP contribution in [0, 0.1) is 0 Å². The Bertz CT molecular complexity index is 1220. The Labute approximate surface area is 210 Å². The Morgan fingerprint density at radius 1 is 1.14 bits per heavy atom. The number of hydrogen-bond donors (Lipinski definition) is 1. The number of hydrogen-bond acceptors (Lipinski definition) is 7. The van der Waals surface area contributed by atoms with Gasteiger partial charge < -0.3 is 19.9 Å². The third kappa shape index (κ3) is 4.67. The number of carbonyl (C=O) groups excluding carboxylic acids is 1. The van der Waals surface area contributed by atoms with Crippen molar-refractivity contribution in [2.45, 2.75) is 39.7 Å². The lowest BCUT2D eigenvalue weighted by Crippen LogP contribution is -2.50. The molecule has 9 heteroatoms. The molecule has 1 aromatic carbocycles. The number of anilines is 2. The fraction of sp³-hybridized carbons (Fsp3) is 0.500. The number of aromatic nitrogens is 2. The number of methoxy groups -OCH3 is 1. The molecule has 0 aliphatic carbocycles. The van der Waals surface area contributed by atoms with E-state index < -0.39 is 0 Å². The average Bonchev–Trinajstić information content (AvgIpc) is 3.26. The molecule has 5 rings (SSSR count). The SMILES string of the molecule is CCN1CCc2c(sc3nc(C(C)C)nc(N4CCN(C(=O)Nc5ccccc5OC)CC4)c23)C1. The van der Waals surface area contributed by atoms with E-state index in [1.165, 1.54) is 15.8 Å². The van der Waals surface area contributed by atoms with E-state index in [0.29, 0.717) is 24.5 Å². The molecule has 1 N–H and O–H groups in total. The number of urea groups is 1. The summed E-state index contributed by atoms with van der Waals surface area (Å²) in [5.41, 5.74) is 2.11. The van der Waals surface area contributed by atoms with Crippen LogP contribution in [0.25, 0.3) is 10.2 Å². The lowest BCUT2D eigenvalue weighted by molar-refractivity contribution is 0.208. The molecule has 3 aromatic rings. The molecule has 0 spiro atoms. The largest absolute Gasteiger partial charge is 0.495 e. The summed E-state index contributed by atoms with van der Waals surface area (Å²) in [5.74, 6) is 2.87. The predicted octanol–water partition coefficient (Wildman–Crippen LogP) is 4.56. The van der Waals surface area contributed by atoms with Crippen molar-refractivity contribution in [3.63, 3.8) is 0 Å². The molecule has 2 aromatic heterocycles. The molecule has 0 bridgehead atoms. The molecular formula is C26H34N6O2S. The van der Waals surface area contributed by atoms with Crippen molar-refractivity contribution < 1.29 is 9.53 Å². The van der Waals surface area contributed by atoms with Gasteiger partial charge in [-0.25, -0.2) is 14.8 Å². The Balaban J connectivity index is 1.37. The van der Waals surface area contributed by atoms with E-state index >= 15 is 0 Å². The highest BCUT2D eigenvalue weighted by Gasteiger charge is 2.29. The van der Waals surface area contributed by atoms with E-state index in [4.69, 9.17) is 14.7 Å². The van der Waals surface area contributed by atoms with E-state index in [9.17, 15) is 4.79 Å². The van der Waals surface area contributed by atoms with Crippen LogP contribution in [0.4, 0.5) is 16.3 Å². The summed E-state index contributed by atoms with van der Waals surface area (Å²) < 4.78 is 5.37. The second kappa shape index (κ2) is 9.99. The van der Waals surface area contributed by atoms with Gasteiger partial charge in [-0.15, -0.1) is 11.3 Å². The van der Waals surface area contributed by atoms with Crippen LogP contribution in [0.1, 0.15) is 43.0 Å². The summed E-state index contributed by atoms with van der Waals surface area (Å²) in [6, 6.07) is 7.39. The third-order valence-electron chi connectivity index (χ3n) is 6.96. The van der Waals surface area contributed by atoms with E-state index in [0.717, 1.165) is 55.6 Å². The number of para-hydroxylation sites is 2. The maximum absolute atomic E-state index is 13.0. The second-order valence-corrected chi connectivity index (χ2v) is 10.6. The molecular weight excluding hydrogens is 460 g/mol. The van der Waals surface area contributed by atoms with Gasteiger partial charge in [-0.2, -0.15) is 0 Å². The van der Waals surface area contributed by atoms with Gasteiger partial charge in [-0.3, -0.25) is 4.90 Å². The number of amides is 2. The first-order valence-electron chi connectivity index (χ1n) is 12.5. The molecule has 35 heavy (non-hydrogen) atoms. The van der Waals surface area contributed by atoms with Crippen LogP contribution < -0.4 is 15.0 Å². The van der Waals surface area contributed by atoms with E-state index in [2.05, 4.69) is 35.9 Å². The minimum absolute atomic E-state index is 0.0996. The van der Waals surface area contributed by atoms with Crippen LogP contribution >= 0.6 is 11.3 Å². The number of likely N-dealkylation sites (N-methyl/N-ethyl adjacent to an activating group) is 1. The van der Waals surface area contributed by atoms with Gasteiger partial charge >= 0.3 is 6.03 Å². The number of benzene rings is 1. The predicted molar refractivity (Wildman–Crippen MR) is 142 cm³/mol. The summed E-state index contributed by atoms with van der Waals surface area (Å²) in [7, 11) is 1.61. The number of rotatable bonds is 5. The topological polar surface area (TPSA) is 73.8 Å². The minimum Gasteiger partial charge on any atom is -0.495 e. The molecule has 0 saturated carbocycles. The molecule has 1 saturated heterocycles. The highest BCUT2D eigenvalue weighted by atomic mass is 32.1. The van der Waals surface area contributed by atoms with Gasteiger partial charge in [-0.1, -0.05) is 32.9 Å². The molecule has 186 valence electrons. The zero-order valence-electron chi connectivity index (χ0n) is 21.0. The molecule has 2 aliphatic heterocycles. The fourth-order valence-corrected chi connectivity index (χ4v) is 6.13. The van der Waals surface area contributed by atoms with E-state index in [1.54, 1.807) is 7.11 Å². The van der Waals surface area contributed by atoms with Crippen molar-refractivity contribution in [2.24, 2.45) is 0 Å². The minimum atomic E-state index is -0.0996. The number of thiophene rings is 1. The van der Waals surface area contributed by atoms with Crippen molar-refractivity contribution >= 4 is 39.1 Å². The highest BCUT2D eigenvalue weighted by molar-refractivity contribution is 7.19. The summed E-state index contributed by atoms with van der Waals surface area (Å²) in [4.78, 5) is 32.3. The van der Waals surface area contributed by atoms with Gasteiger partial charge in [-0.05, 0) is 30.7 Å². The van der Waals surface area contributed by atoms with Gasteiger partial charge in [0.05, 0.1) is 18.2 Å². The molecule has 0 radical (unpaired) electrons. The molecule has 0 atom stereocenters. The van der Waals surface area contributed by atoms with Gasteiger partial charge in [0.15, 0.2) is 0 Å². The van der Waals surface area contributed by atoms with Crippen molar-refractivity contribution in [1.82, 2.24) is 19.8 Å². The average molecular weight is 495 g/mol. The summed E-state index contributed by atoms with van der Waals surface area (Å²) in [6.07, 6.45) is 1.04. The normalized spacial score (nSPS) is 16.6. The molecule has 2 amide bonds. The van der Waals surface area contributed by atoms with E-state index in [-0.39, 0.29) is 11.9 Å². The van der Waals surface area contributed by atoms with Crippen LogP contribution in [-0.2, 0) is 13.0 Å².